The minimum atomic E-state index is -0.347. The van der Waals surface area contributed by atoms with Crippen LogP contribution in [0.25, 0.3) is 0 Å². The van der Waals surface area contributed by atoms with E-state index < -0.39 is 0 Å². The van der Waals surface area contributed by atoms with Crippen molar-refractivity contribution in [2.24, 2.45) is 0 Å². The van der Waals surface area contributed by atoms with Crippen LogP contribution >= 0.6 is 0 Å². The molecule has 1 aromatic heterocycles. The number of hydrogen-bond donors (Lipinski definition) is 1. The number of aromatic nitrogens is 2. The van der Waals surface area contributed by atoms with Gasteiger partial charge in [0.05, 0.1) is 37.1 Å². The van der Waals surface area contributed by atoms with E-state index in [0.717, 1.165) is 44.2 Å². The van der Waals surface area contributed by atoms with Gasteiger partial charge < -0.3 is 14.4 Å². The first-order valence-electron chi connectivity index (χ1n) is 11.2. The topological polar surface area (TPSA) is 91.2 Å². The number of likely N-dealkylation sites (tertiary alicyclic amines) is 1. The number of hydrogen-bond acceptors (Lipinski definition) is 5. The molecular weight excluding hydrogens is 392 g/mol. The fraction of sp³-hybridized carbons (Fsp3) is 0.542. The van der Waals surface area contributed by atoms with E-state index in [-0.39, 0.29) is 24.2 Å². The van der Waals surface area contributed by atoms with Gasteiger partial charge in [0.1, 0.15) is 6.07 Å². The van der Waals surface area contributed by atoms with Gasteiger partial charge in [-0.2, -0.15) is 10.4 Å². The maximum absolute atomic E-state index is 12.5. The molecule has 1 saturated carbocycles. The van der Waals surface area contributed by atoms with E-state index in [4.69, 9.17) is 9.47 Å². The molecule has 0 spiro atoms. The molecule has 1 N–H and O–H groups in total. The van der Waals surface area contributed by atoms with E-state index >= 15 is 0 Å². The smallest absolute Gasteiger partial charge is 0.409 e. The van der Waals surface area contributed by atoms with Gasteiger partial charge in [0, 0.05) is 18.7 Å². The van der Waals surface area contributed by atoms with Crippen molar-refractivity contribution in [2.45, 2.75) is 62.5 Å². The van der Waals surface area contributed by atoms with Crippen LogP contribution in [0.4, 0.5) is 4.79 Å². The van der Waals surface area contributed by atoms with Gasteiger partial charge in [0.25, 0.3) is 0 Å². The maximum Gasteiger partial charge on any atom is 0.409 e. The SMILES string of the molecule is COC(=O)N1CCCC(c2n[nH]cc2C#N)C1COC1CCC(c2ccccc2)CC1. The zero-order valence-corrected chi connectivity index (χ0v) is 18.0. The number of aromatic amines is 1. The lowest BCUT2D eigenvalue weighted by Crippen LogP contribution is -2.50. The zero-order chi connectivity index (χ0) is 21.6. The van der Waals surface area contributed by atoms with E-state index in [2.05, 4.69) is 46.6 Å². The second-order valence-electron chi connectivity index (χ2n) is 8.49. The summed E-state index contributed by atoms with van der Waals surface area (Å²) >= 11 is 0. The number of carbonyl (C=O) groups excluding carboxylic acids is 1. The quantitative estimate of drug-likeness (QED) is 0.774. The van der Waals surface area contributed by atoms with E-state index in [1.54, 1.807) is 11.1 Å². The van der Waals surface area contributed by atoms with Crippen LogP contribution in [0.3, 0.4) is 0 Å². The van der Waals surface area contributed by atoms with Gasteiger partial charge >= 0.3 is 6.09 Å². The Bertz CT molecular complexity index is 899. The van der Waals surface area contributed by atoms with Crippen molar-refractivity contribution in [3.8, 4) is 6.07 Å². The Kier molecular flexibility index (Phi) is 6.88. The summed E-state index contributed by atoms with van der Waals surface area (Å²) in [7, 11) is 1.41. The molecule has 2 unspecified atom stereocenters. The normalized spacial score (nSPS) is 26.3. The molecule has 31 heavy (non-hydrogen) atoms. The number of methoxy groups -OCH3 is 1. The van der Waals surface area contributed by atoms with Crippen LogP contribution in [-0.2, 0) is 9.47 Å². The molecule has 7 nitrogen and oxygen atoms in total. The molecule has 0 bridgehead atoms. The number of rotatable bonds is 5. The van der Waals surface area contributed by atoms with Crippen LogP contribution in [-0.4, -0.2) is 53.6 Å². The van der Waals surface area contributed by atoms with Crippen LogP contribution in [0, 0.1) is 11.3 Å². The third kappa shape index (κ3) is 4.75. The molecule has 1 aliphatic carbocycles. The molecule has 2 atom stereocenters. The van der Waals surface area contributed by atoms with Crippen LogP contribution in [0.15, 0.2) is 36.5 Å². The van der Waals surface area contributed by atoms with E-state index in [1.165, 1.54) is 12.7 Å². The molecule has 1 saturated heterocycles. The Balaban J connectivity index is 1.42. The van der Waals surface area contributed by atoms with Gasteiger partial charge in [-0.1, -0.05) is 30.3 Å². The maximum atomic E-state index is 12.5. The monoisotopic (exact) mass is 422 g/mol. The van der Waals surface area contributed by atoms with Crippen molar-refractivity contribution >= 4 is 6.09 Å². The van der Waals surface area contributed by atoms with Gasteiger partial charge in [-0.05, 0) is 50.0 Å². The Labute approximate surface area is 183 Å². The third-order valence-corrected chi connectivity index (χ3v) is 6.78. The standard InChI is InChI=1S/C24H30N4O3/c1-30-24(29)28-13-5-8-21(23-19(14-25)15-26-27-23)22(28)16-31-20-11-9-18(10-12-20)17-6-3-2-4-7-17/h2-4,6-7,15,18,20-22H,5,8-13,16H2,1H3,(H,26,27). The summed E-state index contributed by atoms with van der Waals surface area (Å²) in [5.41, 5.74) is 2.66. The Morgan fingerprint density at radius 3 is 2.71 bits per heavy atom. The minimum Gasteiger partial charge on any atom is -0.453 e. The number of piperidine rings is 1. The summed E-state index contributed by atoms with van der Waals surface area (Å²) in [5, 5.41) is 16.6. The van der Waals surface area contributed by atoms with Crippen LogP contribution in [0.2, 0.25) is 0 Å². The van der Waals surface area contributed by atoms with Crippen LogP contribution < -0.4 is 0 Å². The van der Waals surface area contributed by atoms with Gasteiger partial charge in [-0.15, -0.1) is 0 Å². The third-order valence-electron chi connectivity index (χ3n) is 6.78. The predicted molar refractivity (Wildman–Crippen MR) is 116 cm³/mol. The summed E-state index contributed by atoms with van der Waals surface area (Å²) < 4.78 is 11.4. The number of amides is 1. The molecule has 4 rings (SSSR count). The molecule has 1 aliphatic heterocycles. The van der Waals surface area contributed by atoms with Crippen molar-refractivity contribution in [1.82, 2.24) is 15.1 Å². The summed E-state index contributed by atoms with van der Waals surface area (Å²) in [6.45, 7) is 1.06. The van der Waals surface area contributed by atoms with Gasteiger partial charge in [0.2, 0.25) is 0 Å². The summed E-state index contributed by atoms with van der Waals surface area (Å²) in [4.78, 5) is 14.2. The Morgan fingerprint density at radius 2 is 2.00 bits per heavy atom. The molecular formula is C24H30N4O3. The summed E-state index contributed by atoms with van der Waals surface area (Å²) in [6, 6.07) is 12.7. The molecule has 1 aromatic carbocycles. The highest BCUT2D eigenvalue weighted by Crippen LogP contribution is 2.36. The first kappa shape index (κ1) is 21.4. The highest BCUT2D eigenvalue weighted by atomic mass is 16.5. The summed E-state index contributed by atoms with van der Waals surface area (Å²) in [6.07, 6.45) is 7.43. The molecule has 1 amide bonds. The number of ether oxygens (including phenoxy) is 2. The molecule has 2 aromatic rings. The van der Waals surface area contributed by atoms with Gasteiger partial charge in [0.15, 0.2) is 0 Å². The number of carbonyl (C=O) groups is 1. The van der Waals surface area contributed by atoms with Gasteiger partial charge in [-0.25, -0.2) is 4.79 Å². The molecule has 2 aliphatic rings. The number of nitriles is 1. The number of benzene rings is 1. The molecule has 2 fully saturated rings. The second-order valence-corrected chi connectivity index (χ2v) is 8.49. The second kappa shape index (κ2) is 9.97. The van der Waals surface area contributed by atoms with Crippen molar-refractivity contribution in [3.63, 3.8) is 0 Å². The van der Waals surface area contributed by atoms with E-state index in [0.29, 0.717) is 24.6 Å². The average Bonchev–Trinajstić information content (AvgIpc) is 3.31. The zero-order valence-electron chi connectivity index (χ0n) is 18.0. The predicted octanol–water partition coefficient (Wildman–Crippen LogP) is 4.34. The van der Waals surface area contributed by atoms with E-state index in [1.807, 2.05) is 0 Å². The van der Waals surface area contributed by atoms with Crippen molar-refractivity contribution in [3.05, 3.63) is 53.3 Å². The van der Waals surface area contributed by atoms with Crippen molar-refractivity contribution in [2.75, 3.05) is 20.3 Å². The Morgan fingerprint density at radius 1 is 1.23 bits per heavy atom. The molecule has 2 heterocycles. The first-order valence-corrected chi connectivity index (χ1v) is 11.2. The Hall–Kier alpha value is -2.85. The van der Waals surface area contributed by atoms with E-state index in [9.17, 15) is 10.1 Å². The number of nitrogens with zero attached hydrogens (tertiary/aromatic N) is 3. The minimum absolute atomic E-state index is 0.0468. The lowest BCUT2D eigenvalue weighted by atomic mass is 9.82. The van der Waals surface area contributed by atoms with Crippen LogP contribution in [0.5, 0.6) is 0 Å². The van der Waals surface area contributed by atoms with Crippen molar-refractivity contribution < 1.29 is 14.3 Å². The molecule has 164 valence electrons. The summed E-state index contributed by atoms with van der Waals surface area (Å²) in [5.74, 6) is 0.548. The number of H-pyrrole nitrogens is 1. The van der Waals surface area contributed by atoms with Crippen molar-refractivity contribution in [1.29, 1.82) is 5.26 Å². The average molecular weight is 423 g/mol. The van der Waals surface area contributed by atoms with Gasteiger partial charge in [-0.3, -0.25) is 5.10 Å². The fourth-order valence-corrected chi connectivity index (χ4v) is 5.12. The first-order chi connectivity index (χ1) is 15.2. The molecule has 0 radical (unpaired) electrons. The lowest BCUT2D eigenvalue weighted by Gasteiger charge is -2.40. The largest absolute Gasteiger partial charge is 0.453 e. The molecule has 7 heteroatoms. The van der Waals surface area contributed by atoms with Crippen LogP contribution in [0.1, 0.15) is 67.2 Å². The lowest BCUT2D eigenvalue weighted by molar-refractivity contribution is -0.0242. The number of nitrogens with one attached hydrogen (secondary N) is 1. The highest BCUT2D eigenvalue weighted by molar-refractivity contribution is 5.68. The highest BCUT2D eigenvalue weighted by Gasteiger charge is 2.39. The fourth-order valence-electron chi connectivity index (χ4n) is 5.12.